The zero-order chi connectivity index (χ0) is 16.4. The van der Waals surface area contributed by atoms with Crippen LogP contribution in [0.15, 0.2) is 22.8 Å². The lowest BCUT2D eigenvalue weighted by molar-refractivity contribution is 0.0312. The quantitative estimate of drug-likeness (QED) is 0.705. The van der Waals surface area contributed by atoms with Crippen molar-refractivity contribution in [1.29, 1.82) is 0 Å². The number of hydrogen-bond acceptors (Lipinski definition) is 2. The molecule has 0 heterocycles. The Balaban J connectivity index is 1.71. The van der Waals surface area contributed by atoms with Crippen LogP contribution in [-0.4, -0.2) is 22.4 Å². The summed E-state index contributed by atoms with van der Waals surface area (Å²) >= 11 is 0. The van der Waals surface area contributed by atoms with Crippen molar-refractivity contribution in [1.82, 2.24) is 0 Å². The summed E-state index contributed by atoms with van der Waals surface area (Å²) in [7, 11) is 0. The fraction of sp³-hybridized carbons (Fsp3) is 0.810. The summed E-state index contributed by atoms with van der Waals surface area (Å²) in [6, 6.07) is 0. The van der Waals surface area contributed by atoms with E-state index in [2.05, 4.69) is 19.9 Å². The van der Waals surface area contributed by atoms with Gasteiger partial charge in [-0.05, 0) is 75.5 Å². The Hall–Kier alpha value is -0.600. The highest BCUT2D eigenvalue weighted by molar-refractivity contribution is 5.43. The Bertz CT molecular complexity index is 572. The Morgan fingerprint density at radius 3 is 2.70 bits per heavy atom. The number of fused-ring (bicyclic) bond motifs is 4. The first-order valence-electron chi connectivity index (χ1n) is 9.64. The molecule has 128 valence electrons. The van der Waals surface area contributed by atoms with Gasteiger partial charge in [0.25, 0.3) is 0 Å². The Morgan fingerprint density at radius 2 is 1.96 bits per heavy atom. The summed E-state index contributed by atoms with van der Waals surface area (Å²) in [6.45, 7) is 6.87. The molecule has 0 radical (unpaired) electrons. The van der Waals surface area contributed by atoms with Crippen LogP contribution in [0.5, 0.6) is 0 Å². The van der Waals surface area contributed by atoms with Gasteiger partial charge in [-0.3, -0.25) is 0 Å². The summed E-state index contributed by atoms with van der Waals surface area (Å²) in [5.41, 5.74) is 5.45. The number of aliphatic hydroxyl groups excluding tert-OH is 2. The third-order valence-corrected chi connectivity index (χ3v) is 8.09. The van der Waals surface area contributed by atoms with Crippen LogP contribution in [0.3, 0.4) is 0 Å². The molecule has 2 heteroatoms. The molecule has 2 nitrogen and oxygen atoms in total. The molecular weight excluding hydrogens is 284 g/mol. The monoisotopic (exact) mass is 316 g/mol. The number of allylic oxidation sites excluding steroid dienone is 3. The van der Waals surface area contributed by atoms with Gasteiger partial charge in [0, 0.05) is 5.41 Å². The van der Waals surface area contributed by atoms with Gasteiger partial charge >= 0.3 is 0 Å². The van der Waals surface area contributed by atoms with Crippen LogP contribution in [0, 0.1) is 22.7 Å². The maximum atomic E-state index is 10.3. The molecule has 6 atom stereocenters. The molecule has 2 saturated carbocycles. The molecule has 2 N–H and O–H groups in total. The van der Waals surface area contributed by atoms with E-state index in [-0.39, 0.29) is 17.6 Å². The molecule has 4 rings (SSSR count). The SMILES string of the molecule is CC(O)[C@H]1CC[C@H]2C3=C(CC[C@]12C)[C@@]1(C)CC[C@H](O)CC1=CC3. The van der Waals surface area contributed by atoms with E-state index < -0.39 is 0 Å². The average Bonchev–Trinajstić information content (AvgIpc) is 2.85. The smallest absolute Gasteiger partial charge is 0.0578 e. The molecule has 0 saturated heterocycles. The van der Waals surface area contributed by atoms with E-state index in [0.29, 0.717) is 17.3 Å². The van der Waals surface area contributed by atoms with Crippen LogP contribution in [0.1, 0.15) is 72.1 Å². The molecule has 0 spiro atoms. The molecule has 0 amide bonds. The van der Waals surface area contributed by atoms with Gasteiger partial charge in [-0.15, -0.1) is 0 Å². The van der Waals surface area contributed by atoms with Gasteiger partial charge in [-0.2, -0.15) is 0 Å². The van der Waals surface area contributed by atoms with Crippen LogP contribution in [0.4, 0.5) is 0 Å². The molecule has 4 aliphatic rings. The lowest BCUT2D eigenvalue weighted by Gasteiger charge is -2.51. The van der Waals surface area contributed by atoms with Gasteiger partial charge in [0.05, 0.1) is 12.2 Å². The van der Waals surface area contributed by atoms with E-state index in [1.807, 2.05) is 6.92 Å². The highest BCUT2D eigenvalue weighted by Crippen LogP contribution is 2.64. The summed E-state index contributed by atoms with van der Waals surface area (Å²) < 4.78 is 0. The first-order valence-corrected chi connectivity index (χ1v) is 9.64. The van der Waals surface area contributed by atoms with Crippen LogP contribution in [0.2, 0.25) is 0 Å². The standard InChI is InChI=1S/C21H32O2/c1-13(22)17-6-7-18-16-5-4-14-12-15(23)8-10-20(14,2)19(16)9-11-21(17,18)3/h4,13,15,17-18,22-23H,5-12H2,1-3H3/t13?,15-,17+,18-,20-,21+/m0/s1. The second kappa shape index (κ2) is 5.20. The molecule has 0 aliphatic heterocycles. The lowest BCUT2D eigenvalue weighted by atomic mass is 9.53. The summed E-state index contributed by atoms with van der Waals surface area (Å²) in [5.74, 6) is 1.14. The topological polar surface area (TPSA) is 40.5 Å². The first-order chi connectivity index (χ1) is 10.9. The highest BCUT2D eigenvalue weighted by atomic mass is 16.3. The molecule has 23 heavy (non-hydrogen) atoms. The van der Waals surface area contributed by atoms with E-state index >= 15 is 0 Å². The summed E-state index contributed by atoms with van der Waals surface area (Å²) in [6.07, 6.45) is 11.1. The van der Waals surface area contributed by atoms with Crippen molar-refractivity contribution in [2.24, 2.45) is 22.7 Å². The fourth-order valence-corrected chi connectivity index (χ4v) is 6.73. The van der Waals surface area contributed by atoms with Crippen LogP contribution in [0.25, 0.3) is 0 Å². The van der Waals surface area contributed by atoms with Crippen molar-refractivity contribution in [3.05, 3.63) is 22.8 Å². The fourth-order valence-electron chi connectivity index (χ4n) is 6.73. The maximum Gasteiger partial charge on any atom is 0.0578 e. The molecular formula is C21H32O2. The van der Waals surface area contributed by atoms with Gasteiger partial charge in [0.1, 0.15) is 0 Å². The minimum Gasteiger partial charge on any atom is -0.393 e. The second-order valence-electron chi connectivity index (χ2n) is 9.15. The van der Waals surface area contributed by atoms with E-state index in [0.717, 1.165) is 25.7 Å². The molecule has 0 aromatic carbocycles. The van der Waals surface area contributed by atoms with Gasteiger partial charge < -0.3 is 10.2 Å². The average molecular weight is 316 g/mol. The molecule has 2 fully saturated rings. The summed E-state index contributed by atoms with van der Waals surface area (Å²) in [5, 5.41) is 20.3. The van der Waals surface area contributed by atoms with E-state index in [9.17, 15) is 10.2 Å². The number of rotatable bonds is 1. The first kappa shape index (κ1) is 15.9. The predicted octanol–water partition coefficient (Wildman–Crippen LogP) is 4.37. The number of aliphatic hydroxyl groups is 2. The Kier molecular flexibility index (Phi) is 3.59. The van der Waals surface area contributed by atoms with Crippen molar-refractivity contribution in [2.75, 3.05) is 0 Å². The van der Waals surface area contributed by atoms with Crippen LogP contribution >= 0.6 is 0 Å². The summed E-state index contributed by atoms with van der Waals surface area (Å²) in [4.78, 5) is 0. The molecule has 0 aromatic rings. The Morgan fingerprint density at radius 1 is 1.17 bits per heavy atom. The third-order valence-electron chi connectivity index (χ3n) is 8.09. The van der Waals surface area contributed by atoms with Crippen molar-refractivity contribution < 1.29 is 10.2 Å². The van der Waals surface area contributed by atoms with Gasteiger partial charge in [-0.25, -0.2) is 0 Å². The minimum absolute atomic E-state index is 0.128. The minimum atomic E-state index is -0.178. The van der Waals surface area contributed by atoms with E-state index in [4.69, 9.17) is 0 Å². The molecule has 0 aromatic heterocycles. The van der Waals surface area contributed by atoms with Crippen molar-refractivity contribution in [3.8, 4) is 0 Å². The van der Waals surface area contributed by atoms with E-state index in [1.54, 1.807) is 11.1 Å². The number of hydrogen-bond donors (Lipinski definition) is 2. The third kappa shape index (κ3) is 2.14. The Labute approximate surface area is 140 Å². The van der Waals surface area contributed by atoms with Crippen LogP contribution in [-0.2, 0) is 0 Å². The maximum absolute atomic E-state index is 10.3. The van der Waals surface area contributed by atoms with Gasteiger partial charge in [-0.1, -0.05) is 36.6 Å². The molecule has 0 bridgehead atoms. The van der Waals surface area contributed by atoms with Gasteiger partial charge in [0.2, 0.25) is 0 Å². The highest BCUT2D eigenvalue weighted by Gasteiger charge is 2.54. The van der Waals surface area contributed by atoms with Crippen molar-refractivity contribution in [3.63, 3.8) is 0 Å². The zero-order valence-electron chi connectivity index (χ0n) is 14.9. The molecule has 4 aliphatic carbocycles. The molecule has 1 unspecified atom stereocenters. The zero-order valence-corrected chi connectivity index (χ0v) is 14.9. The van der Waals surface area contributed by atoms with E-state index in [1.165, 1.54) is 31.3 Å². The lowest BCUT2D eigenvalue weighted by Crippen LogP contribution is -2.42. The van der Waals surface area contributed by atoms with Crippen molar-refractivity contribution in [2.45, 2.75) is 84.3 Å². The largest absolute Gasteiger partial charge is 0.393 e. The predicted molar refractivity (Wildman–Crippen MR) is 92.9 cm³/mol. The van der Waals surface area contributed by atoms with Gasteiger partial charge in [0.15, 0.2) is 0 Å². The normalized spacial score (nSPS) is 47.5. The van der Waals surface area contributed by atoms with Crippen LogP contribution < -0.4 is 0 Å². The van der Waals surface area contributed by atoms with Crippen molar-refractivity contribution >= 4 is 0 Å². The second-order valence-corrected chi connectivity index (χ2v) is 9.15.